The Morgan fingerprint density at radius 1 is 0.905 bits per heavy atom. The molecule has 3 aromatic carbocycles. The fourth-order valence-electron chi connectivity index (χ4n) is 2.69. The molecule has 0 N–H and O–H groups in total. The number of hydrogen-bond donors (Lipinski definition) is 0. The van der Waals surface area contributed by atoms with Crippen LogP contribution in [0.1, 0.15) is 0 Å². The first-order valence-corrected chi connectivity index (χ1v) is 6.70. The van der Waals surface area contributed by atoms with Gasteiger partial charge in [-0.25, -0.2) is 0 Å². The Morgan fingerprint density at radius 2 is 1.71 bits per heavy atom. The predicted molar refractivity (Wildman–Crippen MR) is 84.0 cm³/mol. The zero-order valence-corrected chi connectivity index (χ0v) is 11.4. The molecule has 0 bridgehead atoms. The molecule has 0 unspecified atom stereocenters. The molecule has 0 fully saturated rings. The van der Waals surface area contributed by atoms with Gasteiger partial charge in [0.25, 0.3) is 0 Å². The third-order valence-electron chi connectivity index (χ3n) is 3.77. The summed E-state index contributed by atoms with van der Waals surface area (Å²) in [6.45, 7) is 0. The summed E-state index contributed by atoms with van der Waals surface area (Å²) in [5, 5.41) is 3.10. The van der Waals surface area contributed by atoms with E-state index in [9.17, 15) is 4.79 Å². The molecule has 0 amide bonds. The second kappa shape index (κ2) is 4.35. The molecule has 0 aliphatic carbocycles. The van der Waals surface area contributed by atoms with Crippen molar-refractivity contribution in [2.45, 2.75) is 0 Å². The molecule has 0 aliphatic rings. The van der Waals surface area contributed by atoms with Gasteiger partial charge < -0.3 is 9.15 Å². The second-order valence-corrected chi connectivity index (χ2v) is 4.96. The first kappa shape index (κ1) is 12.0. The Bertz CT molecular complexity index is 1040. The fraction of sp³-hybridized carbons (Fsp3) is 0.0556. The lowest BCUT2D eigenvalue weighted by molar-refractivity contribution is 0.415. The maximum absolute atomic E-state index is 12.6. The molecule has 102 valence electrons. The summed E-state index contributed by atoms with van der Waals surface area (Å²) in [5.41, 5.74) is 1.21. The van der Waals surface area contributed by atoms with Gasteiger partial charge in [0.2, 0.25) is 5.43 Å². The highest BCUT2D eigenvalue weighted by molar-refractivity contribution is 6.06. The summed E-state index contributed by atoms with van der Waals surface area (Å²) in [5.74, 6) is 0.741. The lowest BCUT2D eigenvalue weighted by Gasteiger charge is -2.06. The molecule has 21 heavy (non-hydrogen) atoms. The third kappa shape index (κ3) is 1.71. The van der Waals surface area contributed by atoms with Crippen molar-refractivity contribution >= 4 is 32.7 Å². The van der Waals surface area contributed by atoms with Crippen LogP contribution in [0.3, 0.4) is 0 Å². The number of rotatable bonds is 1. The van der Waals surface area contributed by atoms with Crippen molar-refractivity contribution in [2.75, 3.05) is 7.11 Å². The number of hydrogen-bond acceptors (Lipinski definition) is 3. The Labute approximate surface area is 120 Å². The molecule has 0 aliphatic heterocycles. The van der Waals surface area contributed by atoms with Gasteiger partial charge in [0.05, 0.1) is 17.9 Å². The average Bonchev–Trinajstić information content (AvgIpc) is 2.54. The molecule has 0 atom stereocenters. The average molecular weight is 276 g/mol. The van der Waals surface area contributed by atoms with E-state index in [-0.39, 0.29) is 5.43 Å². The summed E-state index contributed by atoms with van der Waals surface area (Å²) < 4.78 is 11.3. The van der Waals surface area contributed by atoms with Gasteiger partial charge in [0, 0.05) is 5.39 Å². The van der Waals surface area contributed by atoms with Crippen LogP contribution in [0.4, 0.5) is 0 Å². The number of fused-ring (bicyclic) bond motifs is 4. The minimum absolute atomic E-state index is 0.00318. The van der Waals surface area contributed by atoms with Crippen molar-refractivity contribution < 1.29 is 9.15 Å². The van der Waals surface area contributed by atoms with E-state index in [0.29, 0.717) is 21.9 Å². The minimum Gasteiger partial charge on any atom is -0.497 e. The quantitative estimate of drug-likeness (QED) is 0.388. The second-order valence-electron chi connectivity index (χ2n) is 4.96. The van der Waals surface area contributed by atoms with Gasteiger partial charge in [-0.2, -0.15) is 0 Å². The highest BCUT2D eigenvalue weighted by Crippen LogP contribution is 2.29. The van der Waals surface area contributed by atoms with E-state index in [2.05, 4.69) is 0 Å². The zero-order valence-electron chi connectivity index (χ0n) is 11.4. The van der Waals surface area contributed by atoms with Crippen LogP contribution in [0.15, 0.2) is 63.8 Å². The standard InChI is InChI=1S/C18H12O3/c1-20-12-8-6-11-7-9-14-17(19)13-4-2-3-5-16(13)21-18(14)15(11)10-12/h2-10H,1H3. The van der Waals surface area contributed by atoms with Gasteiger partial charge in [-0.3, -0.25) is 4.79 Å². The molecule has 3 heteroatoms. The SMILES string of the molecule is COc1ccc2ccc3c(=O)c4ccccc4oc3c2c1. The van der Waals surface area contributed by atoms with E-state index in [1.807, 2.05) is 48.5 Å². The maximum atomic E-state index is 12.6. The van der Waals surface area contributed by atoms with Crippen molar-refractivity contribution in [2.24, 2.45) is 0 Å². The Morgan fingerprint density at radius 3 is 2.57 bits per heavy atom. The van der Waals surface area contributed by atoms with Crippen molar-refractivity contribution in [3.8, 4) is 5.75 Å². The maximum Gasteiger partial charge on any atom is 0.200 e. The molecular formula is C18H12O3. The van der Waals surface area contributed by atoms with Crippen LogP contribution in [0.2, 0.25) is 0 Å². The van der Waals surface area contributed by atoms with Gasteiger partial charge in [-0.15, -0.1) is 0 Å². The van der Waals surface area contributed by atoms with Gasteiger partial charge >= 0.3 is 0 Å². The highest BCUT2D eigenvalue weighted by atomic mass is 16.5. The zero-order chi connectivity index (χ0) is 14.4. The Kier molecular flexibility index (Phi) is 2.48. The summed E-state index contributed by atoms with van der Waals surface area (Å²) in [6, 6.07) is 16.8. The van der Waals surface area contributed by atoms with Crippen LogP contribution in [-0.2, 0) is 0 Å². The van der Waals surface area contributed by atoms with Gasteiger partial charge in [0.15, 0.2) is 0 Å². The third-order valence-corrected chi connectivity index (χ3v) is 3.77. The van der Waals surface area contributed by atoms with E-state index >= 15 is 0 Å². The van der Waals surface area contributed by atoms with E-state index in [1.54, 1.807) is 13.2 Å². The summed E-state index contributed by atoms with van der Waals surface area (Å²) in [7, 11) is 1.62. The lowest BCUT2D eigenvalue weighted by Crippen LogP contribution is -2.01. The van der Waals surface area contributed by atoms with Gasteiger partial charge in [-0.05, 0) is 35.7 Å². The number of methoxy groups -OCH3 is 1. The molecule has 3 nitrogen and oxygen atoms in total. The van der Waals surface area contributed by atoms with Crippen LogP contribution >= 0.6 is 0 Å². The van der Waals surface area contributed by atoms with Crippen LogP contribution in [0.25, 0.3) is 32.7 Å². The van der Waals surface area contributed by atoms with E-state index < -0.39 is 0 Å². The Hall–Kier alpha value is -2.81. The number of benzene rings is 3. The molecular weight excluding hydrogens is 264 g/mol. The minimum atomic E-state index is -0.00318. The first-order chi connectivity index (χ1) is 10.3. The topological polar surface area (TPSA) is 39.4 Å². The predicted octanol–water partition coefficient (Wildman–Crippen LogP) is 4.11. The summed E-state index contributed by atoms with van der Waals surface area (Å²) >= 11 is 0. The molecule has 1 heterocycles. The van der Waals surface area contributed by atoms with Gasteiger partial charge in [-0.1, -0.05) is 24.3 Å². The summed E-state index contributed by atoms with van der Waals surface area (Å²) in [6.07, 6.45) is 0. The van der Waals surface area contributed by atoms with E-state index in [0.717, 1.165) is 16.5 Å². The fourth-order valence-corrected chi connectivity index (χ4v) is 2.69. The monoisotopic (exact) mass is 276 g/mol. The van der Waals surface area contributed by atoms with Crippen LogP contribution in [-0.4, -0.2) is 7.11 Å². The largest absolute Gasteiger partial charge is 0.497 e. The van der Waals surface area contributed by atoms with Crippen molar-refractivity contribution in [1.82, 2.24) is 0 Å². The van der Waals surface area contributed by atoms with Crippen LogP contribution < -0.4 is 10.2 Å². The molecule has 0 saturated heterocycles. The number of para-hydroxylation sites is 1. The lowest BCUT2D eigenvalue weighted by atomic mass is 10.1. The molecule has 4 rings (SSSR count). The van der Waals surface area contributed by atoms with Crippen LogP contribution in [0.5, 0.6) is 5.75 Å². The van der Waals surface area contributed by atoms with Crippen LogP contribution in [0, 0.1) is 0 Å². The molecule has 0 spiro atoms. The summed E-state index contributed by atoms with van der Waals surface area (Å²) in [4.78, 5) is 12.6. The molecule has 0 saturated carbocycles. The molecule has 0 radical (unpaired) electrons. The van der Waals surface area contributed by atoms with Crippen molar-refractivity contribution in [3.63, 3.8) is 0 Å². The highest BCUT2D eigenvalue weighted by Gasteiger charge is 2.10. The molecule has 1 aromatic heterocycles. The number of ether oxygens (including phenoxy) is 1. The Balaban J connectivity index is 2.27. The van der Waals surface area contributed by atoms with E-state index in [4.69, 9.17) is 9.15 Å². The van der Waals surface area contributed by atoms with E-state index in [1.165, 1.54) is 0 Å². The van der Waals surface area contributed by atoms with Crippen molar-refractivity contribution in [3.05, 3.63) is 64.8 Å². The molecule has 4 aromatic rings. The van der Waals surface area contributed by atoms with Crippen molar-refractivity contribution in [1.29, 1.82) is 0 Å². The first-order valence-electron chi connectivity index (χ1n) is 6.70. The smallest absolute Gasteiger partial charge is 0.200 e. The van der Waals surface area contributed by atoms with Gasteiger partial charge in [0.1, 0.15) is 16.9 Å². The normalized spacial score (nSPS) is 11.3.